The zero-order valence-electron chi connectivity index (χ0n) is 10.2. The van der Waals surface area contributed by atoms with Crippen LogP contribution in [-0.2, 0) is 10.0 Å². The molecule has 0 bridgehead atoms. The SMILES string of the molecule is CC(=O)c1cccc(S(=O)(=O)NCC(C)C)c1. The molecule has 17 heavy (non-hydrogen) atoms. The van der Waals surface area contributed by atoms with Crippen LogP contribution in [0.5, 0.6) is 0 Å². The van der Waals surface area contributed by atoms with Crippen molar-refractivity contribution in [3.63, 3.8) is 0 Å². The second-order valence-corrected chi connectivity index (χ2v) is 6.10. The number of carbonyl (C=O) groups is 1. The number of nitrogens with one attached hydrogen (secondary N) is 1. The van der Waals surface area contributed by atoms with Crippen LogP contribution in [0.4, 0.5) is 0 Å². The van der Waals surface area contributed by atoms with Crippen LogP contribution in [0.2, 0.25) is 0 Å². The molecule has 0 atom stereocenters. The lowest BCUT2D eigenvalue weighted by Crippen LogP contribution is -2.27. The Kier molecular flexibility index (Phi) is 4.42. The van der Waals surface area contributed by atoms with Crippen LogP contribution in [0.3, 0.4) is 0 Å². The van der Waals surface area contributed by atoms with E-state index in [0.29, 0.717) is 12.1 Å². The fourth-order valence-electron chi connectivity index (χ4n) is 1.24. The molecule has 0 amide bonds. The number of ketones is 1. The van der Waals surface area contributed by atoms with E-state index in [2.05, 4.69) is 4.72 Å². The maximum absolute atomic E-state index is 11.9. The molecule has 0 aliphatic carbocycles. The van der Waals surface area contributed by atoms with Gasteiger partial charge in [0.2, 0.25) is 10.0 Å². The summed E-state index contributed by atoms with van der Waals surface area (Å²) in [7, 11) is -3.51. The Hall–Kier alpha value is -1.20. The monoisotopic (exact) mass is 255 g/mol. The summed E-state index contributed by atoms with van der Waals surface area (Å²) in [4.78, 5) is 11.3. The molecule has 1 aromatic rings. The highest BCUT2D eigenvalue weighted by Crippen LogP contribution is 2.12. The number of hydrogen-bond acceptors (Lipinski definition) is 3. The third-order valence-corrected chi connectivity index (χ3v) is 3.65. The highest BCUT2D eigenvalue weighted by atomic mass is 32.2. The number of sulfonamides is 1. The van der Waals surface area contributed by atoms with Gasteiger partial charge in [0.25, 0.3) is 0 Å². The highest BCUT2D eigenvalue weighted by molar-refractivity contribution is 7.89. The summed E-state index contributed by atoms with van der Waals surface area (Å²) in [5.74, 6) is 0.0895. The van der Waals surface area contributed by atoms with Gasteiger partial charge in [-0.1, -0.05) is 26.0 Å². The first-order valence-electron chi connectivity index (χ1n) is 5.43. The molecule has 0 fully saturated rings. The Morgan fingerprint density at radius 1 is 1.35 bits per heavy atom. The van der Waals surface area contributed by atoms with E-state index in [-0.39, 0.29) is 16.6 Å². The molecular formula is C12H17NO3S. The molecule has 0 saturated heterocycles. The Labute approximate surface area is 102 Å². The van der Waals surface area contributed by atoms with Crippen LogP contribution >= 0.6 is 0 Å². The zero-order valence-corrected chi connectivity index (χ0v) is 11.0. The van der Waals surface area contributed by atoms with E-state index in [4.69, 9.17) is 0 Å². The molecule has 0 aliphatic heterocycles. The van der Waals surface area contributed by atoms with Crippen LogP contribution in [-0.4, -0.2) is 20.7 Å². The lowest BCUT2D eigenvalue weighted by atomic mass is 10.2. The van der Waals surface area contributed by atoms with Gasteiger partial charge in [-0.15, -0.1) is 0 Å². The number of rotatable bonds is 5. The van der Waals surface area contributed by atoms with Crippen molar-refractivity contribution in [3.05, 3.63) is 29.8 Å². The smallest absolute Gasteiger partial charge is 0.240 e. The summed E-state index contributed by atoms with van der Waals surface area (Å²) in [6.45, 7) is 5.64. The fourth-order valence-corrected chi connectivity index (χ4v) is 2.50. The van der Waals surface area contributed by atoms with Gasteiger partial charge in [-0.2, -0.15) is 0 Å². The third kappa shape index (κ3) is 3.94. The van der Waals surface area contributed by atoms with E-state index in [1.807, 2.05) is 13.8 Å². The first kappa shape index (κ1) is 13.9. The molecular weight excluding hydrogens is 238 g/mol. The van der Waals surface area contributed by atoms with Crippen molar-refractivity contribution in [3.8, 4) is 0 Å². The fraction of sp³-hybridized carbons (Fsp3) is 0.417. The summed E-state index contributed by atoms with van der Waals surface area (Å²) >= 11 is 0. The summed E-state index contributed by atoms with van der Waals surface area (Å²) in [6, 6.07) is 6.05. The number of Topliss-reactive ketones (excluding diaryl/α,β-unsaturated/α-hetero) is 1. The lowest BCUT2D eigenvalue weighted by Gasteiger charge is -2.09. The van der Waals surface area contributed by atoms with Crippen molar-refractivity contribution in [1.29, 1.82) is 0 Å². The average molecular weight is 255 g/mol. The molecule has 1 N–H and O–H groups in total. The molecule has 1 rings (SSSR count). The van der Waals surface area contributed by atoms with E-state index in [0.717, 1.165) is 0 Å². The normalized spacial score (nSPS) is 11.8. The molecule has 1 aromatic carbocycles. The molecule has 94 valence electrons. The van der Waals surface area contributed by atoms with Gasteiger partial charge in [0.05, 0.1) is 4.90 Å². The zero-order chi connectivity index (χ0) is 13.1. The number of hydrogen-bond donors (Lipinski definition) is 1. The van der Waals surface area contributed by atoms with Crippen molar-refractivity contribution >= 4 is 15.8 Å². The Bertz CT molecular complexity index is 506. The van der Waals surface area contributed by atoms with Crippen molar-refractivity contribution in [2.75, 3.05) is 6.54 Å². The van der Waals surface area contributed by atoms with Crippen LogP contribution in [0.1, 0.15) is 31.1 Å². The van der Waals surface area contributed by atoms with Crippen LogP contribution in [0.15, 0.2) is 29.2 Å². The van der Waals surface area contributed by atoms with E-state index in [9.17, 15) is 13.2 Å². The molecule has 0 aliphatic rings. The maximum atomic E-state index is 11.9. The average Bonchev–Trinajstić information content (AvgIpc) is 2.27. The van der Waals surface area contributed by atoms with Gasteiger partial charge in [0.1, 0.15) is 0 Å². The topological polar surface area (TPSA) is 63.2 Å². The summed E-state index contributed by atoms with van der Waals surface area (Å²) < 4.78 is 26.3. The van der Waals surface area contributed by atoms with Gasteiger partial charge in [0, 0.05) is 12.1 Å². The lowest BCUT2D eigenvalue weighted by molar-refractivity contribution is 0.101. The second kappa shape index (κ2) is 5.42. The molecule has 4 nitrogen and oxygen atoms in total. The predicted molar refractivity (Wildman–Crippen MR) is 66.5 cm³/mol. The minimum Gasteiger partial charge on any atom is -0.295 e. The van der Waals surface area contributed by atoms with Crippen molar-refractivity contribution in [1.82, 2.24) is 4.72 Å². The van der Waals surface area contributed by atoms with Gasteiger partial charge in [-0.05, 0) is 25.0 Å². The van der Waals surface area contributed by atoms with Crippen LogP contribution < -0.4 is 4.72 Å². The minimum absolute atomic E-state index is 0.130. The van der Waals surface area contributed by atoms with E-state index in [1.54, 1.807) is 12.1 Å². The Morgan fingerprint density at radius 2 is 2.00 bits per heavy atom. The molecule has 0 radical (unpaired) electrons. The molecule has 0 aromatic heterocycles. The molecule has 0 spiro atoms. The highest BCUT2D eigenvalue weighted by Gasteiger charge is 2.15. The second-order valence-electron chi connectivity index (χ2n) is 4.33. The standard InChI is InChI=1S/C12H17NO3S/c1-9(2)8-13-17(15,16)12-6-4-5-11(7-12)10(3)14/h4-7,9,13H,8H2,1-3H3. The van der Waals surface area contributed by atoms with E-state index < -0.39 is 10.0 Å². The van der Waals surface area contributed by atoms with Crippen molar-refractivity contribution in [2.24, 2.45) is 5.92 Å². The summed E-state index contributed by atoms with van der Waals surface area (Å²) in [6.07, 6.45) is 0. The summed E-state index contributed by atoms with van der Waals surface area (Å²) in [5.41, 5.74) is 0.400. The quantitative estimate of drug-likeness (QED) is 0.816. The first-order chi connectivity index (χ1) is 7.83. The number of carbonyl (C=O) groups excluding carboxylic acids is 1. The predicted octanol–water partition coefficient (Wildman–Crippen LogP) is 1.82. The molecule has 0 heterocycles. The molecule has 0 saturated carbocycles. The maximum Gasteiger partial charge on any atom is 0.240 e. The van der Waals surface area contributed by atoms with Gasteiger partial charge in [-0.3, -0.25) is 4.79 Å². The minimum atomic E-state index is -3.51. The van der Waals surface area contributed by atoms with Gasteiger partial charge in [0.15, 0.2) is 5.78 Å². The molecule has 5 heteroatoms. The Balaban J connectivity index is 2.99. The number of benzene rings is 1. The van der Waals surface area contributed by atoms with Gasteiger partial charge < -0.3 is 0 Å². The summed E-state index contributed by atoms with van der Waals surface area (Å²) in [5, 5.41) is 0. The van der Waals surface area contributed by atoms with Gasteiger partial charge in [-0.25, -0.2) is 13.1 Å². The van der Waals surface area contributed by atoms with E-state index >= 15 is 0 Å². The third-order valence-electron chi connectivity index (χ3n) is 2.23. The largest absolute Gasteiger partial charge is 0.295 e. The van der Waals surface area contributed by atoms with Crippen molar-refractivity contribution in [2.45, 2.75) is 25.7 Å². The van der Waals surface area contributed by atoms with Gasteiger partial charge >= 0.3 is 0 Å². The van der Waals surface area contributed by atoms with Crippen LogP contribution in [0, 0.1) is 5.92 Å². The first-order valence-corrected chi connectivity index (χ1v) is 6.92. The Morgan fingerprint density at radius 3 is 2.53 bits per heavy atom. The molecule has 0 unspecified atom stereocenters. The van der Waals surface area contributed by atoms with Crippen molar-refractivity contribution < 1.29 is 13.2 Å². The van der Waals surface area contributed by atoms with E-state index in [1.165, 1.54) is 19.1 Å². The van der Waals surface area contributed by atoms with Crippen LogP contribution in [0.25, 0.3) is 0 Å².